The molecule has 0 saturated carbocycles. The van der Waals surface area contributed by atoms with Gasteiger partial charge in [-0.1, -0.05) is 6.07 Å². The van der Waals surface area contributed by atoms with Crippen LogP contribution < -0.4 is 0 Å². The highest BCUT2D eigenvalue weighted by Gasteiger charge is 2.15. The Kier molecular flexibility index (Phi) is 3.36. The van der Waals surface area contributed by atoms with Crippen LogP contribution in [0, 0.1) is 24.1 Å². The Labute approximate surface area is 126 Å². The van der Waals surface area contributed by atoms with Crippen LogP contribution in [0.15, 0.2) is 36.4 Å². The van der Waals surface area contributed by atoms with Gasteiger partial charge < -0.3 is 0 Å². The van der Waals surface area contributed by atoms with E-state index in [1.807, 2.05) is 31.2 Å². The van der Waals surface area contributed by atoms with Crippen molar-refractivity contribution in [3.63, 3.8) is 0 Å². The zero-order valence-corrected chi connectivity index (χ0v) is 12.0. The number of aromatic nitrogens is 2. The van der Waals surface area contributed by atoms with Crippen molar-refractivity contribution in [2.45, 2.75) is 12.8 Å². The molecule has 0 N–H and O–H groups in total. The first-order valence-electron chi connectivity index (χ1n) is 6.38. The summed E-state index contributed by atoms with van der Waals surface area (Å²) in [5.41, 5.74) is 3.27. The van der Waals surface area contributed by atoms with Gasteiger partial charge in [-0.15, -0.1) is 11.6 Å². The van der Waals surface area contributed by atoms with Gasteiger partial charge in [0.1, 0.15) is 11.6 Å². The lowest BCUT2D eigenvalue weighted by Gasteiger charge is -2.09. The lowest BCUT2D eigenvalue weighted by molar-refractivity contribution is 0.617. The van der Waals surface area contributed by atoms with Gasteiger partial charge in [0.2, 0.25) is 0 Å². The van der Waals surface area contributed by atoms with Gasteiger partial charge in [0.15, 0.2) is 0 Å². The minimum atomic E-state index is -0.472. The Morgan fingerprint density at radius 3 is 2.76 bits per heavy atom. The van der Waals surface area contributed by atoms with E-state index in [1.54, 1.807) is 16.7 Å². The number of alkyl halides is 1. The van der Waals surface area contributed by atoms with E-state index in [4.69, 9.17) is 16.9 Å². The van der Waals surface area contributed by atoms with Gasteiger partial charge in [-0.3, -0.25) is 4.57 Å². The van der Waals surface area contributed by atoms with Gasteiger partial charge in [-0.2, -0.15) is 5.26 Å². The third-order valence-corrected chi connectivity index (χ3v) is 3.56. The topological polar surface area (TPSA) is 41.6 Å². The molecule has 1 heterocycles. The van der Waals surface area contributed by atoms with Gasteiger partial charge >= 0.3 is 0 Å². The number of nitriles is 1. The maximum Gasteiger partial charge on any atom is 0.148 e. The number of hydrogen-bond acceptors (Lipinski definition) is 2. The molecule has 0 aliphatic heterocycles. The van der Waals surface area contributed by atoms with E-state index in [0.717, 1.165) is 16.6 Å². The van der Waals surface area contributed by atoms with E-state index in [0.29, 0.717) is 11.5 Å². The lowest BCUT2D eigenvalue weighted by atomic mass is 10.2. The van der Waals surface area contributed by atoms with Crippen molar-refractivity contribution in [3.05, 3.63) is 59.2 Å². The van der Waals surface area contributed by atoms with Gasteiger partial charge in [-0.25, -0.2) is 9.37 Å². The van der Waals surface area contributed by atoms with E-state index in [2.05, 4.69) is 4.98 Å². The summed E-state index contributed by atoms with van der Waals surface area (Å²) in [7, 11) is 0. The number of rotatable bonds is 2. The highest BCUT2D eigenvalue weighted by molar-refractivity contribution is 6.17. The van der Waals surface area contributed by atoms with Crippen LogP contribution in [-0.4, -0.2) is 9.55 Å². The lowest BCUT2D eigenvalue weighted by Crippen LogP contribution is -2.02. The Balaban J connectivity index is 2.31. The molecule has 21 heavy (non-hydrogen) atoms. The van der Waals surface area contributed by atoms with Gasteiger partial charge in [0.25, 0.3) is 0 Å². The first-order chi connectivity index (χ1) is 10.1. The van der Waals surface area contributed by atoms with E-state index < -0.39 is 5.82 Å². The number of nitrogens with zero attached hydrogens (tertiary/aromatic N) is 3. The average molecular weight is 300 g/mol. The molecule has 0 aliphatic rings. The Hall–Kier alpha value is -2.38. The SMILES string of the molecule is Cc1ccc2c(c1)nc(CCl)n2-c1ccc(C#N)cc1F. The van der Waals surface area contributed by atoms with Crippen LogP contribution in [0.3, 0.4) is 0 Å². The van der Waals surface area contributed by atoms with E-state index in [9.17, 15) is 4.39 Å². The average Bonchev–Trinajstić information content (AvgIpc) is 2.84. The zero-order chi connectivity index (χ0) is 15.0. The molecule has 0 saturated heterocycles. The molecule has 0 bridgehead atoms. The number of halogens is 2. The molecule has 0 radical (unpaired) electrons. The van der Waals surface area contributed by atoms with Crippen molar-refractivity contribution in [2.75, 3.05) is 0 Å². The maximum absolute atomic E-state index is 14.3. The van der Waals surface area contributed by atoms with Gasteiger partial charge in [0.05, 0.1) is 34.2 Å². The van der Waals surface area contributed by atoms with Crippen molar-refractivity contribution in [1.29, 1.82) is 5.26 Å². The standard InChI is InChI=1S/C16H11ClFN3/c1-10-2-4-15-13(6-10)20-16(8-17)21(15)14-5-3-11(9-19)7-12(14)18/h2-7H,8H2,1H3. The molecule has 3 nitrogen and oxygen atoms in total. The molecule has 2 aromatic carbocycles. The summed E-state index contributed by atoms with van der Waals surface area (Å²) in [4.78, 5) is 4.45. The van der Waals surface area contributed by atoms with Crippen LogP contribution in [0.2, 0.25) is 0 Å². The summed E-state index contributed by atoms with van der Waals surface area (Å²) in [6, 6.07) is 12.1. The smallest absolute Gasteiger partial charge is 0.148 e. The third-order valence-electron chi connectivity index (χ3n) is 3.32. The van der Waals surface area contributed by atoms with Crippen molar-refractivity contribution in [1.82, 2.24) is 9.55 Å². The predicted octanol–water partition coefficient (Wildman–Crippen LogP) is 4.08. The second-order valence-electron chi connectivity index (χ2n) is 4.77. The summed E-state index contributed by atoms with van der Waals surface area (Å²) in [6.45, 7) is 1.97. The maximum atomic E-state index is 14.3. The summed E-state index contributed by atoms with van der Waals surface area (Å²) in [5.74, 6) is 0.272. The van der Waals surface area contributed by atoms with Crippen molar-refractivity contribution >= 4 is 22.6 Å². The number of fused-ring (bicyclic) bond motifs is 1. The fourth-order valence-electron chi connectivity index (χ4n) is 2.36. The first kappa shape index (κ1) is 13.6. The fraction of sp³-hybridized carbons (Fsp3) is 0.125. The van der Waals surface area contributed by atoms with Crippen LogP contribution in [0.5, 0.6) is 0 Å². The highest BCUT2D eigenvalue weighted by Crippen LogP contribution is 2.25. The molecule has 104 valence electrons. The van der Waals surface area contributed by atoms with Crippen LogP contribution in [0.4, 0.5) is 4.39 Å². The predicted molar refractivity (Wildman–Crippen MR) is 80.0 cm³/mol. The molecule has 3 aromatic rings. The van der Waals surface area contributed by atoms with Crippen LogP contribution in [0.1, 0.15) is 17.0 Å². The first-order valence-corrected chi connectivity index (χ1v) is 6.91. The van der Waals surface area contributed by atoms with Gasteiger partial charge in [-0.05, 0) is 42.8 Å². The van der Waals surface area contributed by atoms with E-state index >= 15 is 0 Å². The quantitative estimate of drug-likeness (QED) is 0.669. The molecule has 0 atom stereocenters. The molecule has 0 fully saturated rings. The normalized spacial score (nSPS) is 10.8. The molecule has 1 aromatic heterocycles. The minimum absolute atomic E-state index is 0.174. The molecule has 0 aliphatic carbocycles. The largest absolute Gasteiger partial charge is 0.292 e. The Bertz CT molecular complexity index is 877. The monoisotopic (exact) mass is 299 g/mol. The summed E-state index contributed by atoms with van der Waals surface area (Å²) >= 11 is 5.95. The molecule has 0 amide bonds. The van der Waals surface area contributed by atoms with Crippen LogP contribution >= 0.6 is 11.6 Å². The summed E-state index contributed by atoms with van der Waals surface area (Å²) in [6.07, 6.45) is 0. The van der Waals surface area contributed by atoms with Crippen molar-refractivity contribution in [3.8, 4) is 11.8 Å². The molecule has 0 spiro atoms. The van der Waals surface area contributed by atoms with Crippen molar-refractivity contribution < 1.29 is 4.39 Å². The third kappa shape index (κ3) is 2.26. The molecule has 0 unspecified atom stereocenters. The summed E-state index contributed by atoms with van der Waals surface area (Å²) < 4.78 is 16.0. The molecule has 5 heteroatoms. The minimum Gasteiger partial charge on any atom is -0.292 e. The number of aryl methyl sites for hydroxylation is 1. The molecular formula is C16H11ClFN3. The van der Waals surface area contributed by atoms with Crippen LogP contribution in [0.25, 0.3) is 16.7 Å². The Morgan fingerprint density at radius 1 is 1.29 bits per heavy atom. The highest BCUT2D eigenvalue weighted by atomic mass is 35.5. The van der Waals surface area contributed by atoms with E-state index in [1.165, 1.54) is 6.07 Å². The van der Waals surface area contributed by atoms with Gasteiger partial charge in [0, 0.05) is 0 Å². The van der Waals surface area contributed by atoms with Crippen molar-refractivity contribution in [2.24, 2.45) is 0 Å². The number of benzene rings is 2. The second kappa shape index (κ2) is 5.19. The zero-order valence-electron chi connectivity index (χ0n) is 11.3. The second-order valence-corrected chi connectivity index (χ2v) is 5.03. The summed E-state index contributed by atoms with van der Waals surface area (Å²) in [5, 5.41) is 8.83. The van der Waals surface area contributed by atoms with E-state index in [-0.39, 0.29) is 11.4 Å². The number of hydrogen-bond donors (Lipinski definition) is 0. The Morgan fingerprint density at radius 2 is 2.10 bits per heavy atom. The number of imidazole rings is 1. The molecular weight excluding hydrogens is 289 g/mol. The molecule has 3 rings (SSSR count). The fourth-order valence-corrected chi connectivity index (χ4v) is 2.54. The van der Waals surface area contributed by atoms with Crippen LogP contribution in [-0.2, 0) is 5.88 Å².